The molecule has 0 N–H and O–H groups in total. The summed E-state index contributed by atoms with van der Waals surface area (Å²) in [5.74, 6) is 1.90. The standard InChI is InChI=1S/C28H33NO5/c1-16-5-6-22-21(11-24(30)34-25(22)17(16)2)15-33-26(31)23-4-3-7-29(23)27(32)28-12-18-8-19(13-28)10-20(9-18)14-28/h5-6,11,18-20,23H,3-4,7-10,12-15H2,1-2H3. The first kappa shape index (κ1) is 21.9. The van der Waals surface area contributed by atoms with Crippen LogP contribution < -0.4 is 5.63 Å². The highest BCUT2D eigenvalue weighted by Gasteiger charge is 2.57. The number of carbonyl (C=O) groups is 2. The van der Waals surface area contributed by atoms with Crippen molar-refractivity contribution in [2.45, 2.75) is 77.9 Å². The van der Waals surface area contributed by atoms with Gasteiger partial charge in [0.25, 0.3) is 0 Å². The molecule has 1 amide bonds. The molecule has 34 heavy (non-hydrogen) atoms. The van der Waals surface area contributed by atoms with Crippen LogP contribution >= 0.6 is 0 Å². The molecule has 1 saturated heterocycles. The molecule has 5 fully saturated rings. The number of aryl methyl sites for hydroxylation is 2. The molecule has 1 atom stereocenters. The Labute approximate surface area is 199 Å². The number of benzene rings is 1. The van der Waals surface area contributed by atoms with Gasteiger partial charge in [-0.25, -0.2) is 9.59 Å². The van der Waals surface area contributed by atoms with Crippen LogP contribution in [-0.2, 0) is 20.9 Å². The van der Waals surface area contributed by atoms with Crippen molar-refractivity contribution in [2.75, 3.05) is 6.54 Å². The molecular formula is C28H33NO5. The van der Waals surface area contributed by atoms with E-state index in [1.165, 1.54) is 25.3 Å². The molecule has 6 nitrogen and oxygen atoms in total. The Morgan fingerprint density at radius 2 is 1.76 bits per heavy atom. The molecule has 2 heterocycles. The highest BCUT2D eigenvalue weighted by Crippen LogP contribution is 2.60. The Morgan fingerprint density at radius 3 is 2.44 bits per heavy atom. The maximum absolute atomic E-state index is 13.8. The van der Waals surface area contributed by atoms with Crippen LogP contribution in [0.4, 0.5) is 0 Å². The smallest absolute Gasteiger partial charge is 0.336 e. The summed E-state index contributed by atoms with van der Waals surface area (Å²) in [5, 5.41) is 0.781. The molecule has 6 heteroatoms. The van der Waals surface area contributed by atoms with E-state index in [0.717, 1.165) is 42.2 Å². The van der Waals surface area contributed by atoms with E-state index in [9.17, 15) is 14.4 Å². The first-order chi connectivity index (χ1) is 16.3. The summed E-state index contributed by atoms with van der Waals surface area (Å²) < 4.78 is 11.2. The van der Waals surface area contributed by atoms with Gasteiger partial charge in [-0.15, -0.1) is 0 Å². The van der Waals surface area contributed by atoms with Crippen molar-refractivity contribution >= 4 is 22.8 Å². The molecule has 7 rings (SSSR count). The van der Waals surface area contributed by atoms with E-state index in [-0.39, 0.29) is 23.9 Å². The van der Waals surface area contributed by atoms with Crippen molar-refractivity contribution in [1.82, 2.24) is 4.90 Å². The first-order valence-electron chi connectivity index (χ1n) is 12.8. The summed E-state index contributed by atoms with van der Waals surface area (Å²) in [4.78, 5) is 41.0. The quantitative estimate of drug-likeness (QED) is 0.487. The molecule has 1 aliphatic heterocycles. The minimum atomic E-state index is -0.518. The molecule has 5 aliphatic rings. The molecule has 0 spiro atoms. The number of fused-ring (bicyclic) bond motifs is 1. The lowest BCUT2D eigenvalue weighted by Crippen LogP contribution is -2.56. The lowest BCUT2D eigenvalue weighted by atomic mass is 9.49. The van der Waals surface area contributed by atoms with Gasteiger partial charge in [-0.2, -0.15) is 0 Å². The summed E-state index contributed by atoms with van der Waals surface area (Å²) in [5.41, 5.74) is 2.42. The third kappa shape index (κ3) is 3.48. The molecule has 1 aromatic carbocycles. The normalized spacial score (nSPS) is 31.9. The Morgan fingerprint density at radius 1 is 1.09 bits per heavy atom. The molecule has 0 radical (unpaired) electrons. The molecule has 4 bridgehead atoms. The van der Waals surface area contributed by atoms with Crippen molar-refractivity contribution in [2.24, 2.45) is 23.2 Å². The van der Waals surface area contributed by atoms with Crippen LogP contribution in [0, 0.1) is 37.0 Å². The SMILES string of the molecule is Cc1ccc2c(COC(=O)C3CCCN3C(=O)C34CC5CC(CC(C5)C3)C4)cc(=O)oc2c1C. The Kier molecular flexibility index (Phi) is 5.12. The van der Waals surface area contributed by atoms with Crippen LogP contribution in [0.5, 0.6) is 0 Å². The maximum Gasteiger partial charge on any atom is 0.336 e. The number of hydrogen-bond donors (Lipinski definition) is 0. The van der Waals surface area contributed by atoms with E-state index in [0.29, 0.717) is 41.9 Å². The Hall–Kier alpha value is -2.63. The lowest BCUT2D eigenvalue weighted by molar-refractivity contribution is -0.166. The van der Waals surface area contributed by atoms with Gasteiger partial charge in [0, 0.05) is 23.6 Å². The second kappa shape index (κ2) is 7.96. The van der Waals surface area contributed by atoms with E-state index in [1.807, 2.05) is 30.9 Å². The minimum Gasteiger partial charge on any atom is -0.459 e. The van der Waals surface area contributed by atoms with Crippen LogP contribution in [0.2, 0.25) is 0 Å². The zero-order chi connectivity index (χ0) is 23.6. The van der Waals surface area contributed by atoms with Gasteiger partial charge in [0.15, 0.2) is 0 Å². The second-order valence-electron chi connectivity index (χ2n) is 11.4. The van der Waals surface area contributed by atoms with Crippen molar-refractivity contribution in [3.63, 3.8) is 0 Å². The predicted molar refractivity (Wildman–Crippen MR) is 127 cm³/mol. The third-order valence-electron chi connectivity index (χ3n) is 9.16. The fourth-order valence-corrected chi connectivity index (χ4v) is 7.82. The lowest BCUT2D eigenvalue weighted by Gasteiger charge is -2.56. The monoisotopic (exact) mass is 463 g/mol. The molecule has 1 unspecified atom stereocenters. The Balaban J connectivity index is 1.20. The maximum atomic E-state index is 13.8. The van der Waals surface area contributed by atoms with Gasteiger partial charge >= 0.3 is 11.6 Å². The first-order valence-corrected chi connectivity index (χ1v) is 12.8. The summed E-state index contributed by atoms with van der Waals surface area (Å²) in [6.07, 6.45) is 8.34. The molecule has 2 aromatic rings. The van der Waals surface area contributed by atoms with Crippen LogP contribution in [0.1, 0.15) is 68.1 Å². The van der Waals surface area contributed by atoms with Gasteiger partial charge in [-0.1, -0.05) is 12.1 Å². The van der Waals surface area contributed by atoms with Gasteiger partial charge in [-0.05, 0) is 94.1 Å². The Bertz CT molecular complexity index is 1190. The topological polar surface area (TPSA) is 76.8 Å². The number of rotatable bonds is 4. The van der Waals surface area contributed by atoms with Crippen LogP contribution in [0.3, 0.4) is 0 Å². The third-order valence-corrected chi connectivity index (χ3v) is 9.16. The number of amides is 1. The zero-order valence-corrected chi connectivity index (χ0v) is 20.1. The molecule has 180 valence electrons. The van der Waals surface area contributed by atoms with E-state index in [4.69, 9.17) is 9.15 Å². The zero-order valence-electron chi connectivity index (χ0n) is 20.1. The fourth-order valence-electron chi connectivity index (χ4n) is 7.82. The van der Waals surface area contributed by atoms with Crippen LogP contribution in [-0.4, -0.2) is 29.4 Å². The average molecular weight is 464 g/mol. The molecule has 4 saturated carbocycles. The van der Waals surface area contributed by atoms with E-state index >= 15 is 0 Å². The van der Waals surface area contributed by atoms with E-state index in [1.54, 1.807) is 0 Å². The number of carbonyl (C=O) groups excluding carboxylic acids is 2. The number of esters is 1. The van der Waals surface area contributed by atoms with Gasteiger partial charge < -0.3 is 14.1 Å². The predicted octanol–water partition coefficient (Wildman–Crippen LogP) is 4.66. The highest BCUT2D eigenvalue weighted by molar-refractivity contribution is 5.89. The molecule has 1 aromatic heterocycles. The largest absolute Gasteiger partial charge is 0.459 e. The van der Waals surface area contributed by atoms with Gasteiger partial charge in [0.05, 0.1) is 5.41 Å². The number of likely N-dealkylation sites (tertiary alicyclic amines) is 1. The highest BCUT2D eigenvalue weighted by atomic mass is 16.5. The van der Waals surface area contributed by atoms with Crippen LogP contribution in [0.15, 0.2) is 27.4 Å². The van der Waals surface area contributed by atoms with Crippen molar-refractivity contribution in [1.29, 1.82) is 0 Å². The van der Waals surface area contributed by atoms with E-state index in [2.05, 4.69) is 0 Å². The molecular weight excluding hydrogens is 430 g/mol. The van der Waals surface area contributed by atoms with Crippen molar-refractivity contribution in [3.05, 3.63) is 45.3 Å². The van der Waals surface area contributed by atoms with Gasteiger partial charge in [-0.3, -0.25) is 4.79 Å². The van der Waals surface area contributed by atoms with Crippen LogP contribution in [0.25, 0.3) is 11.0 Å². The summed E-state index contributed by atoms with van der Waals surface area (Å²) in [6.45, 7) is 4.52. The fraction of sp³-hybridized carbons (Fsp3) is 0.607. The number of ether oxygens (including phenoxy) is 1. The minimum absolute atomic E-state index is 0.000665. The molecule has 4 aliphatic carbocycles. The summed E-state index contributed by atoms with van der Waals surface area (Å²) >= 11 is 0. The second-order valence-corrected chi connectivity index (χ2v) is 11.4. The van der Waals surface area contributed by atoms with Gasteiger partial charge in [0.2, 0.25) is 5.91 Å². The van der Waals surface area contributed by atoms with Crippen molar-refractivity contribution in [3.8, 4) is 0 Å². The number of nitrogens with zero attached hydrogens (tertiary/aromatic N) is 1. The summed E-state index contributed by atoms with van der Waals surface area (Å²) in [7, 11) is 0. The van der Waals surface area contributed by atoms with E-state index < -0.39 is 11.7 Å². The summed E-state index contributed by atoms with van der Waals surface area (Å²) in [6, 6.07) is 4.77. The average Bonchev–Trinajstić information content (AvgIpc) is 3.28. The van der Waals surface area contributed by atoms with Crippen molar-refractivity contribution < 1.29 is 18.7 Å². The number of hydrogen-bond acceptors (Lipinski definition) is 5. The van der Waals surface area contributed by atoms with Gasteiger partial charge in [0.1, 0.15) is 18.2 Å².